The van der Waals surface area contributed by atoms with Gasteiger partial charge >= 0.3 is 11.9 Å². The highest BCUT2D eigenvalue weighted by Crippen LogP contribution is 2.75. The van der Waals surface area contributed by atoms with Crippen LogP contribution in [0.3, 0.4) is 0 Å². The van der Waals surface area contributed by atoms with Crippen molar-refractivity contribution in [2.24, 2.45) is 44.8 Å². The first-order chi connectivity index (χ1) is 22.4. The lowest BCUT2D eigenvalue weighted by Gasteiger charge is -2.70. The summed E-state index contributed by atoms with van der Waals surface area (Å²) < 4.78 is 23.9. The molecule has 7 heteroatoms. The third kappa shape index (κ3) is 4.94. The zero-order valence-corrected chi connectivity index (χ0v) is 31.2. The van der Waals surface area contributed by atoms with E-state index < -0.39 is 23.8 Å². The number of hydrogen-bond acceptors (Lipinski definition) is 7. The fourth-order valence-electron chi connectivity index (χ4n) is 11.3. The van der Waals surface area contributed by atoms with Gasteiger partial charge in [0.05, 0.1) is 18.6 Å². The summed E-state index contributed by atoms with van der Waals surface area (Å²) >= 11 is 0. The van der Waals surface area contributed by atoms with Crippen molar-refractivity contribution in [1.82, 2.24) is 0 Å². The molecule has 48 heavy (non-hydrogen) atoms. The Morgan fingerprint density at radius 3 is 2.29 bits per heavy atom. The molecule has 6 aliphatic rings. The van der Waals surface area contributed by atoms with Gasteiger partial charge in [0, 0.05) is 23.8 Å². The van der Waals surface area contributed by atoms with Crippen LogP contribution in [0.15, 0.2) is 46.3 Å². The Kier molecular flexibility index (Phi) is 8.57. The van der Waals surface area contributed by atoms with E-state index in [9.17, 15) is 14.4 Å². The molecule has 5 unspecified atom stereocenters. The number of fused-ring (bicyclic) bond motifs is 7. The molecule has 0 N–H and O–H groups in total. The van der Waals surface area contributed by atoms with Crippen molar-refractivity contribution in [3.63, 3.8) is 0 Å². The maximum Gasteiger partial charge on any atom is 0.311 e. The summed E-state index contributed by atoms with van der Waals surface area (Å²) in [7, 11) is 1.52. The number of carbonyl (C=O) groups excluding carboxylic acids is 3. The summed E-state index contributed by atoms with van der Waals surface area (Å²) in [6, 6.07) is 0. The average Bonchev–Trinajstić information content (AvgIpc) is 3.04. The van der Waals surface area contributed by atoms with E-state index in [-0.39, 0.29) is 57.1 Å². The van der Waals surface area contributed by atoms with Crippen LogP contribution in [0.2, 0.25) is 0 Å². The second kappa shape index (κ2) is 11.7. The second-order valence-electron chi connectivity index (χ2n) is 17.4. The van der Waals surface area contributed by atoms with Crippen LogP contribution in [-0.2, 0) is 33.3 Å². The predicted molar refractivity (Wildman–Crippen MR) is 184 cm³/mol. The molecule has 0 bridgehead atoms. The maximum absolute atomic E-state index is 14.1. The van der Waals surface area contributed by atoms with Gasteiger partial charge in [0.2, 0.25) is 12.1 Å². The monoisotopic (exact) mass is 662 g/mol. The minimum absolute atomic E-state index is 0.00151. The summed E-state index contributed by atoms with van der Waals surface area (Å²) in [5.41, 5.74) is 3.66. The molecule has 0 spiro atoms. The molecular weight excluding hydrogens is 604 g/mol. The van der Waals surface area contributed by atoms with E-state index in [1.807, 2.05) is 13.0 Å². The van der Waals surface area contributed by atoms with Crippen LogP contribution in [0.4, 0.5) is 0 Å². The Morgan fingerprint density at radius 1 is 0.958 bits per heavy atom. The molecule has 0 aromatic rings. The van der Waals surface area contributed by atoms with Crippen molar-refractivity contribution in [2.45, 2.75) is 139 Å². The van der Waals surface area contributed by atoms with Gasteiger partial charge in [0.1, 0.15) is 0 Å². The van der Waals surface area contributed by atoms with E-state index in [0.29, 0.717) is 5.92 Å². The molecule has 1 aliphatic heterocycles. The predicted octanol–water partition coefficient (Wildman–Crippen LogP) is 8.58. The quantitative estimate of drug-likeness (QED) is 0.273. The molecule has 0 amide bonds. The average molecular weight is 663 g/mol. The zero-order valence-electron chi connectivity index (χ0n) is 31.2. The number of esters is 2. The molecule has 6 rings (SSSR count). The summed E-state index contributed by atoms with van der Waals surface area (Å²) in [6.45, 7) is 21.5. The molecular formula is C41H58O7. The molecule has 3 saturated carbocycles. The van der Waals surface area contributed by atoms with E-state index in [0.717, 1.165) is 68.1 Å². The summed E-state index contributed by atoms with van der Waals surface area (Å²) in [5.74, 6) is 0.203. The molecule has 4 fully saturated rings. The van der Waals surface area contributed by atoms with Gasteiger partial charge in [-0.05, 0) is 111 Å². The lowest BCUT2D eigenvalue weighted by atomic mass is 9.34. The van der Waals surface area contributed by atoms with Gasteiger partial charge < -0.3 is 18.9 Å². The van der Waals surface area contributed by atoms with Crippen molar-refractivity contribution >= 4 is 17.7 Å². The van der Waals surface area contributed by atoms with Crippen molar-refractivity contribution in [1.29, 1.82) is 0 Å². The van der Waals surface area contributed by atoms with Gasteiger partial charge in [-0.2, -0.15) is 0 Å². The van der Waals surface area contributed by atoms with Crippen molar-refractivity contribution < 1.29 is 33.3 Å². The largest absolute Gasteiger partial charge is 0.469 e. The van der Waals surface area contributed by atoms with Crippen LogP contribution in [0.1, 0.15) is 121 Å². The summed E-state index contributed by atoms with van der Waals surface area (Å²) in [4.78, 5) is 39.2. The van der Waals surface area contributed by atoms with Crippen molar-refractivity contribution in [2.75, 3.05) is 7.11 Å². The Balaban J connectivity index is 1.36. The highest BCUT2D eigenvalue weighted by atomic mass is 16.7. The van der Waals surface area contributed by atoms with Crippen molar-refractivity contribution in [3.8, 4) is 0 Å². The first-order valence-corrected chi connectivity index (χ1v) is 18.4. The van der Waals surface area contributed by atoms with Gasteiger partial charge in [0.25, 0.3) is 0 Å². The smallest absolute Gasteiger partial charge is 0.311 e. The summed E-state index contributed by atoms with van der Waals surface area (Å²) in [6.07, 6.45) is 12.5. The molecule has 7 nitrogen and oxygen atoms in total. The molecule has 0 aromatic heterocycles. The molecule has 0 aromatic carbocycles. The van der Waals surface area contributed by atoms with E-state index in [1.54, 1.807) is 0 Å². The SMILES string of the molecule is CCC1OC(OC2=C(C)C3=CC=C4[C@@](C)(CC[C@@]5(C)[C@@H]6C[C@](C)(C(=O)OC)CC[C@]6(C)CC[C@]45C)C3=CC2=O)C(OC(C)=O)C(C)C1C. The fourth-order valence-corrected chi connectivity index (χ4v) is 11.3. The van der Waals surface area contributed by atoms with Crippen LogP contribution >= 0.6 is 0 Å². The molecule has 264 valence electrons. The van der Waals surface area contributed by atoms with Crippen LogP contribution in [0.25, 0.3) is 0 Å². The fraction of sp³-hybridized carbons (Fsp3) is 0.732. The molecule has 1 saturated heterocycles. The molecule has 11 atom stereocenters. The van der Waals surface area contributed by atoms with Crippen LogP contribution in [0, 0.1) is 44.8 Å². The standard InChI is InChI=1S/C41H58O7/c1-12-30-23(2)24(3)34(46-26(5)42)35(47-30)48-33-25(4)27-13-14-31-39(8,28(27)21-29(33)43)18-20-41(10)32-22-38(7,36(44)45-11)16-15-37(32,6)17-19-40(31,41)9/h13-14,21,23-24,30,32,34-35H,12,15-20,22H2,1-11H3/t23?,24?,30?,32-,34?,35?,37-,38-,39+,40-,41+/m1/s1. The third-order valence-corrected chi connectivity index (χ3v) is 15.0. The highest BCUT2D eigenvalue weighted by Gasteiger charge is 2.67. The van der Waals surface area contributed by atoms with Gasteiger partial charge in [-0.3, -0.25) is 14.4 Å². The summed E-state index contributed by atoms with van der Waals surface area (Å²) in [5, 5.41) is 0. The normalized spacial score (nSPS) is 45.3. The Bertz CT molecular complexity index is 1530. The minimum Gasteiger partial charge on any atom is -0.469 e. The first-order valence-electron chi connectivity index (χ1n) is 18.4. The third-order valence-electron chi connectivity index (χ3n) is 15.0. The maximum atomic E-state index is 14.1. The first kappa shape index (κ1) is 35.2. The van der Waals surface area contributed by atoms with E-state index in [4.69, 9.17) is 18.9 Å². The number of ketones is 1. The highest BCUT2D eigenvalue weighted by molar-refractivity contribution is 6.07. The van der Waals surface area contributed by atoms with E-state index >= 15 is 0 Å². The van der Waals surface area contributed by atoms with Crippen LogP contribution < -0.4 is 0 Å². The lowest BCUT2D eigenvalue weighted by Crippen LogP contribution is -2.62. The topological polar surface area (TPSA) is 88.1 Å². The molecule has 5 aliphatic carbocycles. The van der Waals surface area contributed by atoms with Crippen LogP contribution in [-0.4, -0.2) is 43.3 Å². The van der Waals surface area contributed by atoms with Gasteiger partial charge in [0.15, 0.2) is 11.9 Å². The van der Waals surface area contributed by atoms with E-state index in [1.165, 1.54) is 19.6 Å². The van der Waals surface area contributed by atoms with Gasteiger partial charge in [-0.25, -0.2) is 0 Å². The number of ether oxygens (including phenoxy) is 4. The van der Waals surface area contributed by atoms with E-state index in [2.05, 4.69) is 67.5 Å². The lowest BCUT2D eigenvalue weighted by molar-refractivity contribution is -0.263. The Hall–Kier alpha value is -2.67. The number of carbonyl (C=O) groups is 3. The zero-order chi connectivity index (χ0) is 35.2. The second-order valence-corrected chi connectivity index (χ2v) is 17.4. The number of rotatable bonds is 5. The number of methoxy groups -OCH3 is 1. The van der Waals surface area contributed by atoms with Crippen molar-refractivity contribution in [3.05, 3.63) is 46.3 Å². The van der Waals surface area contributed by atoms with Crippen LogP contribution in [0.5, 0.6) is 0 Å². The Labute approximate surface area is 287 Å². The molecule has 0 radical (unpaired) electrons. The van der Waals surface area contributed by atoms with Gasteiger partial charge in [-0.1, -0.05) is 66.2 Å². The number of hydrogen-bond donors (Lipinski definition) is 0. The minimum atomic E-state index is -0.864. The van der Waals surface area contributed by atoms with Gasteiger partial charge in [-0.15, -0.1) is 0 Å². The Morgan fingerprint density at radius 2 is 1.65 bits per heavy atom. The number of allylic oxidation sites excluding steroid dienone is 7. The molecule has 1 heterocycles.